The number of halogens is 1. The number of furan rings is 1. The number of carbonyl (C=O) groups excluding carboxylic acids is 2. The van der Waals surface area contributed by atoms with Crippen LogP contribution in [0.5, 0.6) is 0 Å². The van der Waals surface area contributed by atoms with E-state index < -0.39 is 6.09 Å². The summed E-state index contributed by atoms with van der Waals surface area (Å²) >= 11 is 5.81. The summed E-state index contributed by atoms with van der Waals surface area (Å²) in [6.45, 7) is 3.16. The van der Waals surface area contributed by atoms with Gasteiger partial charge in [0, 0.05) is 19.1 Å². The number of nitrogens with zero attached hydrogens (tertiary/aromatic N) is 1. The van der Waals surface area contributed by atoms with Crippen molar-refractivity contribution < 1.29 is 18.7 Å². The zero-order valence-corrected chi connectivity index (χ0v) is 12.0. The molecule has 2 amide bonds. The minimum atomic E-state index is -0.451. The van der Waals surface area contributed by atoms with Gasteiger partial charge in [-0.2, -0.15) is 0 Å². The smallest absolute Gasteiger partial charge is 0.407 e. The minimum Gasteiger partial charge on any atom is -0.452 e. The summed E-state index contributed by atoms with van der Waals surface area (Å²) in [7, 11) is 0. The van der Waals surface area contributed by atoms with Crippen LogP contribution in [0.1, 0.15) is 30.1 Å². The predicted octanol–water partition coefficient (Wildman–Crippen LogP) is 2.28. The van der Waals surface area contributed by atoms with Gasteiger partial charge in [0.25, 0.3) is 5.91 Å². The first-order valence-corrected chi connectivity index (χ1v) is 6.95. The van der Waals surface area contributed by atoms with Crippen molar-refractivity contribution in [1.82, 2.24) is 10.2 Å². The van der Waals surface area contributed by atoms with Gasteiger partial charge in [-0.25, -0.2) is 4.79 Å². The Morgan fingerprint density at radius 3 is 3.05 bits per heavy atom. The first-order valence-electron chi connectivity index (χ1n) is 6.57. The van der Waals surface area contributed by atoms with Crippen molar-refractivity contribution in [3.63, 3.8) is 0 Å². The molecule has 7 heteroatoms. The van der Waals surface area contributed by atoms with E-state index >= 15 is 0 Å². The molecule has 0 radical (unpaired) electrons. The summed E-state index contributed by atoms with van der Waals surface area (Å²) in [5.41, 5.74) is 0.350. The Morgan fingerprint density at radius 1 is 1.60 bits per heavy atom. The monoisotopic (exact) mass is 300 g/mol. The molecule has 1 aromatic rings. The van der Waals surface area contributed by atoms with Gasteiger partial charge in [0.1, 0.15) is 0 Å². The van der Waals surface area contributed by atoms with Crippen LogP contribution in [0.3, 0.4) is 0 Å². The summed E-state index contributed by atoms with van der Waals surface area (Å²) in [6, 6.07) is 1.45. The number of likely N-dealkylation sites (tertiary alicyclic amines) is 1. The molecule has 0 bridgehead atoms. The van der Waals surface area contributed by atoms with Gasteiger partial charge in [-0.1, -0.05) is 0 Å². The normalized spacial score (nSPS) is 18.7. The van der Waals surface area contributed by atoms with E-state index in [-0.39, 0.29) is 17.2 Å². The van der Waals surface area contributed by atoms with E-state index in [1.54, 1.807) is 17.9 Å². The Hall–Kier alpha value is -1.69. The van der Waals surface area contributed by atoms with Crippen molar-refractivity contribution in [2.24, 2.45) is 0 Å². The molecular weight excluding hydrogens is 284 g/mol. The highest BCUT2D eigenvalue weighted by Crippen LogP contribution is 2.21. The van der Waals surface area contributed by atoms with Crippen LogP contribution in [-0.2, 0) is 4.74 Å². The van der Waals surface area contributed by atoms with E-state index in [0.29, 0.717) is 25.3 Å². The maximum Gasteiger partial charge on any atom is 0.407 e. The summed E-state index contributed by atoms with van der Waals surface area (Å²) in [4.78, 5) is 25.3. The highest BCUT2D eigenvalue weighted by molar-refractivity contribution is 6.32. The average Bonchev–Trinajstić information content (AvgIpc) is 2.84. The van der Waals surface area contributed by atoms with Gasteiger partial charge in [-0.15, -0.1) is 0 Å². The van der Waals surface area contributed by atoms with Crippen molar-refractivity contribution in [2.75, 3.05) is 19.7 Å². The fourth-order valence-electron chi connectivity index (χ4n) is 2.24. The van der Waals surface area contributed by atoms with Crippen molar-refractivity contribution in [3.8, 4) is 0 Å². The molecule has 1 aliphatic rings. The number of nitrogens with one attached hydrogen (secondary N) is 1. The topological polar surface area (TPSA) is 71.8 Å². The molecule has 1 N–H and O–H groups in total. The Bertz CT molecular complexity index is 488. The van der Waals surface area contributed by atoms with E-state index in [0.717, 1.165) is 12.8 Å². The molecule has 1 saturated heterocycles. The number of hydrogen-bond acceptors (Lipinski definition) is 4. The summed E-state index contributed by atoms with van der Waals surface area (Å²) in [5, 5.41) is 2.85. The number of carbonyl (C=O) groups is 2. The van der Waals surface area contributed by atoms with Crippen LogP contribution in [-0.4, -0.2) is 42.6 Å². The quantitative estimate of drug-likeness (QED) is 0.929. The van der Waals surface area contributed by atoms with Crippen molar-refractivity contribution >= 4 is 23.6 Å². The molecule has 110 valence electrons. The first kappa shape index (κ1) is 14.7. The predicted molar refractivity (Wildman–Crippen MR) is 72.8 cm³/mol. The van der Waals surface area contributed by atoms with Gasteiger partial charge in [0.2, 0.25) is 5.22 Å². The van der Waals surface area contributed by atoms with Crippen molar-refractivity contribution in [3.05, 3.63) is 23.1 Å². The lowest BCUT2D eigenvalue weighted by atomic mass is 10.1. The van der Waals surface area contributed by atoms with Crippen LogP contribution in [0.4, 0.5) is 4.79 Å². The molecule has 0 saturated carbocycles. The Balaban J connectivity index is 1.95. The average molecular weight is 301 g/mol. The van der Waals surface area contributed by atoms with Gasteiger partial charge >= 0.3 is 6.09 Å². The third kappa shape index (κ3) is 3.45. The molecule has 1 aliphatic heterocycles. The molecule has 2 heterocycles. The van der Waals surface area contributed by atoms with Gasteiger partial charge in [-0.05, 0) is 37.4 Å². The SMILES string of the molecule is CCOC(=O)NC1CCCN(C(=O)c2ccoc2Cl)C1. The maximum absolute atomic E-state index is 12.3. The summed E-state index contributed by atoms with van der Waals surface area (Å²) in [5.74, 6) is -0.181. The Kier molecular flexibility index (Phi) is 4.89. The van der Waals surface area contributed by atoms with Gasteiger partial charge < -0.3 is 19.4 Å². The van der Waals surface area contributed by atoms with Crippen LogP contribution in [0, 0.1) is 0 Å². The van der Waals surface area contributed by atoms with Crippen molar-refractivity contribution in [1.29, 1.82) is 0 Å². The lowest BCUT2D eigenvalue weighted by Gasteiger charge is -2.32. The summed E-state index contributed by atoms with van der Waals surface area (Å²) in [6.07, 6.45) is 2.57. The maximum atomic E-state index is 12.3. The molecule has 1 fully saturated rings. The van der Waals surface area contributed by atoms with Crippen LogP contribution in [0.25, 0.3) is 0 Å². The van der Waals surface area contributed by atoms with E-state index in [2.05, 4.69) is 5.32 Å². The molecule has 20 heavy (non-hydrogen) atoms. The van der Waals surface area contributed by atoms with E-state index in [9.17, 15) is 9.59 Å². The number of amides is 2. The second-order valence-electron chi connectivity index (χ2n) is 4.56. The van der Waals surface area contributed by atoms with Crippen LogP contribution in [0.15, 0.2) is 16.7 Å². The number of ether oxygens (including phenoxy) is 1. The molecule has 0 aromatic carbocycles. The molecule has 1 aromatic heterocycles. The number of rotatable bonds is 3. The molecule has 1 unspecified atom stereocenters. The highest BCUT2D eigenvalue weighted by Gasteiger charge is 2.27. The van der Waals surface area contributed by atoms with E-state index in [1.165, 1.54) is 6.26 Å². The minimum absolute atomic E-state index is 0.0930. The van der Waals surface area contributed by atoms with Crippen LogP contribution in [0.2, 0.25) is 5.22 Å². The third-order valence-corrected chi connectivity index (χ3v) is 3.45. The molecule has 1 atom stereocenters. The number of piperidine rings is 1. The molecule has 2 rings (SSSR count). The van der Waals surface area contributed by atoms with E-state index in [4.69, 9.17) is 20.8 Å². The lowest BCUT2D eigenvalue weighted by molar-refractivity contribution is 0.0685. The van der Waals surface area contributed by atoms with Gasteiger partial charge in [0.15, 0.2) is 0 Å². The molecule has 6 nitrogen and oxygen atoms in total. The zero-order chi connectivity index (χ0) is 14.5. The molecular formula is C13H17ClN2O4. The standard InChI is InChI=1S/C13H17ClN2O4/c1-2-19-13(18)15-9-4-3-6-16(8-9)12(17)10-5-7-20-11(10)14/h5,7,9H,2-4,6,8H2,1H3,(H,15,18). The van der Waals surface area contributed by atoms with Crippen molar-refractivity contribution in [2.45, 2.75) is 25.8 Å². The van der Waals surface area contributed by atoms with Gasteiger partial charge in [-0.3, -0.25) is 4.79 Å². The Labute approximate surface area is 122 Å². The second-order valence-corrected chi connectivity index (χ2v) is 4.91. The number of hydrogen-bond donors (Lipinski definition) is 1. The molecule has 0 spiro atoms. The van der Waals surface area contributed by atoms with Gasteiger partial charge in [0.05, 0.1) is 18.4 Å². The third-order valence-electron chi connectivity index (χ3n) is 3.15. The zero-order valence-electron chi connectivity index (χ0n) is 11.2. The van der Waals surface area contributed by atoms with Crippen LogP contribution >= 0.6 is 11.6 Å². The number of alkyl carbamates (subject to hydrolysis) is 1. The lowest BCUT2D eigenvalue weighted by Crippen LogP contribution is -2.49. The fraction of sp³-hybridized carbons (Fsp3) is 0.538. The Morgan fingerprint density at radius 2 is 2.40 bits per heavy atom. The first-order chi connectivity index (χ1) is 9.61. The van der Waals surface area contributed by atoms with E-state index in [1.807, 2.05) is 0 Å². The summed E-state index contributed by atoms with van der Waals surface area (Å²) < 4.78 is 9.77. The second kappa shape index (κ2) is 6.65. The van der Waals surface area contributed by atoms with Crippen LogP contribution < -0.4 is 5.32 Å². The largest absolute Gasteiger partial charge is 0.452 e. The fourth-order valence-corrected chi connectivity index (χ4v) is 2.43. The highest BCUT2D eigenvalue weighted by atomic mass is 35.5. The molecule has 0 aliphatic carbocycles.